The Hall–Kier alpha value is -0.870. The van der Waals surface area contributed by atoms with Gasteiger partial charge in [0.2, 0.25) is 0 Å². The zero-order chi connectivity index (χ0) is 13.0. The first-order valence-electron chi connectivity index (χ1n) is 6.27. The summed E-state index contributed by atoms with van der Waals surface area (Å²) in [5.41, 5.74) is 1.28. The molecule has 2 unspecified atom stereocenters. The molecule has 1 heterocycles. The van der Waals surface area contributed by atoms with Crippen molar-refractivity contribution in [1.82, 2.24) is 5.32 Å². The Bertz CT molecular complexity index is 391. The van der Waals surface area contributed by atoms with Gasteiger partial charge in [0.25, 0.3) is 0 Å². The maximum Gasteiger partial charge on any atom is 0.161 e. The lowest BCUT2D eigenvalue weighted by atomic mass is 9.92. The highest BCUT2D eigenvalue weighted by Crippen LogP contribution is 2.37. The van der Waals surface area contributed by atoms with Gasteiger partial charge < -0.3 is 14.8 Å². The minimum Gasteiger partial charge on any atom is -0.493 e. The van der Waals surface area contributed by atoms with E-state index in [1.54, 1.807) is 14.2 Å². The fourth-order valence-corrected chi connectivity index (χ4v) is 3.83. The topological polar surface area (TPSA) is 30.5 Å². The van der Waals surface area contributed by atoms with Crippen LogP contribution in [0.2, 0.25) is 0 Å². The van der Waals surface area contributed by atoms with Crippen LogP contribution in [0.25, 0.3) is 0 Å². The van der Waals surface area contributed by atoms with Gasteiger partial charge in [-0.1, -0.05) is 6.07 Å². The molecule has 3 nitrogen and oxygen atoms in total. The van der Waals surface area contributed by atoms with Gasteiger partial charge in [-0.25, -0.2) is 0 Å². The van der Waals surface area contributed by atoms with Gasteiger partial charge in [-0.15, -0.1) is 0 Å². The molecule has 0 spiro atoms. The number of thioether (sulfide) groups is 1. The molecule has 2 atom stereocenters. The quantitative estimate of drug-likeness (QED) is 0.888. The minimum absolute atomic E-state index is 0.403. The van der Waals surface area contributed by atoms with Gasteiger partial charge in [0.05, 0.1) is 14.2 Å². The second-order valence-corrected chi connectivity index (χ2v) is 5.65. The Morgan fingerprint density at radius 3 is 2.61 bits per heavy atom. The molecule has 18 heavy (non-hydrogen) atoms. The first-order valence-corrected chi connectivity index (χ1v) is 7.42. The highest BCUT2D eigenvalue weighted by molar-refractivity contribution is 7.99. The minimum atomic E-state index is 0.403. The smallest absolute Gasteiger partial charge is 0.161 e. The Kier molecular flexibility index (Phi) is 4.78. The molecular weight excluding hydrogens is 246 g/mol. The summed E-state index contributed by atoms with van der Waals surface area (Å²) in [5.74, 6) is 4.81. The van der Waals surface area contributed by atoms with Crippen LogP contribution < -0.4 is 14.8 Å². The Balaban J connectivity index is 2.24. The van der Waals surface area contributed by atoms with Crippen LogP contribution in [-0.4, -0.2) is 32.8 Å². The first kappa shape index (κ1) is 13.6. The van der Waals surface area contributed by atoms with Crippen LogP contribution in [0.1, 0.15) is 18.0 Å². The number of methoxy groups -OCH3 is 2. The Labute approximate surface area is 113 Å². The lowest BCUT2D eigenvalue weighted by Gasteiger charge is -2.23. The van der Waals surface area contributed by atoms with Crippen molar-refractivity contribution in [2.75, 3.05) is 32.8 Å². The predicted octanol–water partition coefficient (Wildman–Crippen LogP) is 2.72. The fourth-order valence-electron chi connectivity index (χ4n) is 2.54. The van der Waals surface area contributed by atoms with Gasteiger partial charge in [0.1, 0.15) is 0 Å². The molecule has 100 valence electrons. The molecule has 1 aliphatic rings. The van der Waals surface area contributed by atoms with Crippen molar-refractivity contribution >= 4 is 11.8 Å². The maximum absolute atomic E-state index is 5.38. The number of hydrogen-bond donors (Lipinski definition) is 1. The number of nitrogens with one attached hydrogen (secondary N) is 1. The number of benzene rings is 1. The van der Waals surface area contributed by atoms with Crippen LogP contribution >= 0.6 is 11.8 Å². The number of hydrogen-bond acceptors (Lipinski definition) is 4. The van der Waals surface area contributed by atoms with Crippen molar-refractivity contribution in [2.24, 2.45) is 5.92 Å². The highest BCUT2D eigenvalue weighted by Gasteiger charge is 2.26. The van der Waals surface area contributed by atoms with E-state index in [4.69, 9.17) is 9.47 Å². The Morgan fingerprint density at radius 2 is 2.06 bits per heavy atom. The van der Waals surface area contributed by atoms with Gasteiger partial charge in [-0.3, -0.25) is 0 Å². The van der Waals surface area contributed by atoms with E-state index < -0.39 is 0 Å². The highest BCUT2D eigenvalue weighted by atomic mass is 32.2. The molecule has 1 aromatic carbocycles. The monoisotopic (exact) mass is 267 g/mol. The number of ether oxygens (including phenoxy) is 2. The third-order valence-electron chi connectivity index (χ3n) is 3.51. The second-order valence-electron chi connectivity index (χ2n) is 4.50. The van der Waals surface area contributed by atoms with Crippen molar-refractivity contribution in [3.8, 4) is 11.5 Å². The van der Waals surface area contributed by atoms with E-state index in [1.807, 2.05) is 24.9 Å². The molecule has 0 aliphatic carbocycles. The lowest BCUT2D eigenvalue weighted by Crippen LogP contribution is -2.25. The van der Waals surface area contributed by atoms with Crippen molar-refractivity contribution in [1.29, 1.82) is 0 Å². The normalized spacial score (nSPS) is 20.7. The largest absolute Gasteiger partial charge is 0.493 e. The van der Waals surface area contributed by atoms with Crippen LogP contribution in [0.5, 0.6) is 11.5 Å². The molecule has 1 aromatic rings. The molecule has 0 radical (unpaired) electrons. The van der Waals surface area contributed by atoms with E-state index in [9.17, 15) is 0 Å². The van der Waals surface area contributed by atoms with Gasteiger partial charge in [-0.05, 0) is 48.6 Å². The summed E-state index contributed by atoms with van der Waals surface area (Å²) in [6.45, 7) is 0. The molecule has 1 saturated heterocycles. The van der Waals surface area contributed by atoms with Crippen molar-refractivity contribution in [3.63, 3.8) is 0 Å². The molecular formula is C14H21NO2S. The van der Waals surface area contributed by atoms with Crippen LogP contribution in [0.15, 0.2) is 18.2 Å². The summed E-state index contributed by atoms with van der Waals surface area (Å²) in [4.78, 5) is 0. The van der Waals surface area contributed by atoms with E-state index in [-0.39, 0.29) is 0 Å². The van der Waals surface area contributed by atoms with Crippen molar-refractivity contribution < 1.29 is 9.47 Å². The summed E-state index contributed by atoms with van der Waals surface area (Å²) in [7, 11) is 5.38. The third-order valence-corrected chi connectivity index (χ3v) is 4.70. The van der Waals surface area contributed by atoms with E-state index in [1.165, 1.54) is 23.5 Å². The third kappa shape index (κ3) is 2.75. The average Bonchev–Trinajstić information content (AvgIpc) is 2.93. The first-order chi connectivity index (χ1) is 8.80. The standard InChI is InChI=1S/C14H21NO2S/c1-15-14(11-6-7-18-9-11)10-4-5-12(16-2)13(8-10)17-3/h4-5,8,11,14-15H,6-7,9H2,1-3H3. The van der Waals surface area contributed by atoms with Crippen LogP contribution in [0.3, 0.4) is 0 Å². The van der Waals surface area contributed by atoms with E-state index >= 15 is 0 Å². The maximum atomic E-state index is 5.38. The summed E-state index contributed by atoms with van der Waals surface area (Å²) >= 11 is 2.04. The summed E-state index contributed by atoms with van der Waals surface area (Å²) in [5, 5.41) is 3.44. The molecule has 2 rings (SSSR count). The molecule has 0 saturated carbocycles. The molecule has 1 aliphatic heterocycles. The lowest BCUT2D eigenvalue weighted by molar-refractivity contribution is 0.352. The zero-order valence-electron chi connectivity index (χ0n) is 11.2. The molecule has 0 aromatic heterocycles. The Morgan fingerprint density at radius 1 is 1.28 bits per heavy atom. The van der Waals surface area contributed by atoms with Crippen LogP contribution in [0, 0.1) is 5.92 Å². The van der Waals surface area contributed by atoms with Gasteiger partial charge in [0, 0.05) is 6.04 Å². The SMILES string of the molecule is CNC(c1ccc(OC)c(OC)c1)C1CCSC1. The fraction of sp³-hybridized carbons (Fsp3) is 0.571. The van der Waals surface area contributed by atoms with Crippen molar-refractivity contribution in [3.05, 3.63) is 23.8 Å². The van der Waals surface area contributed by atoms with Gasteiger partial charge in [-0.2, -0.15) is 11.8 Å². The molecule has 0 amide bonds. The van der Waals surface area contributed by atoms with Crippen LogP contribution in [-0.2, 0) is 0 Å². The van der Waals surface area contributed by atoms with Crippen LogP contribution in [0.4, 0.5) is 0 Å². The molecule has 1 N–H and O–H groups in total. The zero-order valence-corrected chi connectivity index (χ0v) is 12.0. The average molecular weight is 267 g/mol. The summed E-state index contributed by atoms with van der Waals surface area (Å²) in [6, 6.07) is 6.61. The van der Waals surface area contributed by atoms with E-state index in [0.29, 0.717) is 12.0 Å². The summed E-state index contributed by atoms with van der Waals surface area (Å²) in [6.07, 6.45) is 1.28. The second kappa shape index (κ2) is 6.34. The van der Waals surface area contributed by atoms with E-state index in [2.05, 4.69) is 17.4 Å². The van der Waals surface area contributed by atoms with E-state index in [0.717, 1.165) is 11.5 Å². The van der Waals surface area contributed by atoms with Gasteiger partial charge in [0.15, 0.2) is 11.5 Å². The molecule has 1 fully saturated rings. The number of rotatable bonds is 5. The van der Waals surface area contributed by atoms with Crippen molar-refractivity contribution in [2.45, 2.75) is 12.5 Å². The molecule has 4 heteroatoms. The molecule has 0 bridgehead atoms. The predicted molar refractivity (Wildman–Crippen MR) is 76.8 cm³/mol. The van der Waals surface area contributed by atoms with Gasteiger partial charge >= 0.3 is 0 Å². The summed E-state index contributed by atoms with van der Waals surface area (Å²) < 4.78 is 10.7.